The third-order valence-corrected chi connectivity index (χ3v) is 2.42. The fourth-order valence-corrected chi connectivity index (χ4v) is 1.17. The largest absolute Gasteiger partial charge is 0.322 e. The van der Waals surface area contributed by atoms with E-state index in [9.17, 15) is 0 Å². The smallest absolute Gasteiger partial charge is 0.0378 e. The Balaban J connectivity index is 3.10. The van der Waals surface area contributed by atoms with Gasteiger partial charge >= 0.3 is 0 Å². The van der Waals surface area contributed by atoms with Gasteiger partial charge in [0.1, 0.15) is 0 Å². The van der Waals surface area contributed by atoms with Crippen LogP contribution in [0.5, 0.6) is 0 Å². The number of rotatable bonds is 2. The molecule has 1 atom stereocenters. The van der Waals surface area contributed by atoms with Gasteiger partial charge in [-0.25, -0.2) is 0 Å². The van der Waals surface area contributed by atoms with E-state index in [0.29, 0.717) is 0 Å². The summed E-state index contributed by atoms with van der Waals surface area (Å²) >= 11 is 0. The van der Waals surface area contributed by atoms with Crippen LogP contribution in [0.2, 0.25) is 0 Å². The molecule has 0 spiro atoms. The van der Waals surface area contributed by atoms with Crippen LogP contribution in [-0.4, -0.2) is 0 Å². The van der Waals surface area contributed by atoms with Crippen LogP contribution in [0.25, 0.3) is 0 Å². The minimum absolute atomic E-state index is 0.271. The predicted molar refractivity (Wildman–Crippen MR) is 56.2 cm³/mol. The molecule has 1 rings (SSSR count). The Morgan fingerprint density at radius 1 is 1.54 bits per heavy atom. The minimum atomic E-state index is -0.271. The molecule has 1 unspecified atom stereocenters. The lowest BCUT2D eigenvalue weighted by atomic mass is 9.90. The van der Waals surface area contributed by atoms with E-state index >= 15 is 0 Å². The van der Waals surface area contributed by atoms with Crippen LogP contribution >= 0.6 is 0 Å². The van der Waals surface area contributed by atoms with Crippen LogP contribution in [0.1, 0.15) is 31.4 Å². The molecule has 68 valence electrons. The number of hydrogen-bond donors (Lipinski definition) is 1. The van der Waals surface area contributed by atoms with Gasteiger partial charge in [-0.2, -0.15) is 0 Å². The van der Waals surface area contributed by atoms with E-state index in [-0.39, 0.29) is 5.54 Å². The van der Waals surface area contributed by atoms with Crippen molar-refractivity contribution in [1.82, 2.24) is 0 Å². The van der Waals surface area contributed by atoms with Crippen molar-refractivity contribution in [3.63, 3.8) is 0 Å². The average Bonchev–Trinajstić information content (AvgIpc) is 2.18. The zero-order chi connectivity index (χ0) is 9.90. The molecule has 2 N–H and O–H groups in total. The molecule has 0 radical (unpaired) electrons. The van der Waals surface area contributed by atoms with Gasteiger partial charge in [-0.05, 0) is 31.0 Å². The zero-order valence-electron chi connectivity index (χ0n) is 8.17. The van der Waals surface area contributed by atoms with Gasteiger partial charge in [-0.15, -0.1) is 6.42 Å². The average molecular weight is 173 g/mol. The van der Waals surface area contributed by atoms with E-state index in [1.807, 2.05) is 31.2 Å². The maximum absolute atomic E-state index is 6.09. The molecule has 0 saturated heterocycles. The highest BCUT2D eigenvalue weighted by Gasteiger charge is 2.17. The lowest BCUT2D eigenvalue weighted by Crippen LogP contribution is -2.31. The van der Waals surface area contributed by atoms with Crippen molar-refractivity contribution >= 4 is 0 Å². The van der Waals surface area contributed by atoms with Crippen molar-refractivity contribution < 1.29 is 0 Å². The highest BCUT2D eigenvalue weighted by molar-refractivity contribution is 5.37. The van der Waals surface area contributed by atoms with Gasteiger partial charge in [0.15, 0.2) is 0 Å². The SMILES string of the molecule is C#Cc1cccc(C(C)(N)CC)c1. The van der Waals surface area contributed by atoms with E-state index < -0.39 is 0 Å². The summed E-state index contributed by atoms with van der Waals surface area (Å²) in [6.45, 7) is 4.09. The Hall–Kier alpha value is -1.26. The highest BCUT2D eigenvalue weighted by atomic mass is 14.7. The minimum Gasteiger partial charge on any atom is -0.322 e. The molecule has 0 aromatic heterocycles. The quantitative estimate of drug-likeness (QED) is 0.682. The van der Waals surface area contributed by atoms with Gasteiger partial charge in [-0.3, -0.25) is 0 Å². The summed E-state index contributed by atoms with van der Waals surface area (Å²) in [7, 11) is 0. The summed E-state index contributed by atoms with van der Waals surface area (Å²) < 4.78 is 0. The molecule has 0 amide bonds. The molecule has 0 fully saturated rings. The maximum Gasteiger partial charge on any atom is 0.0378 e. The van der Waals surface area contributed by atoms with E-state index in [4.69, 9.17) is 12.2 Å². The first kappa shape index (κ1) is 9.83. The van der Waals surface area contributed by atoms with E-state index in [1.54, 1.807) is 0 Å². The Kier molecular flexibility index (Phi) is 2.75. The van der Waals surface area contributed by atoms with Crippen LogP contribution in [-0.2, 0) is 5.54 Å². The molecule has 1 heteroatoms. The summed E-state index contributed by atoms with van der Waals surface area (Å²) in [4.78, 5) is 0. The topological polar surface area (TPSA) is 26.0 Å². The maximum atomic E-state index is 6.09. The normalized spacial score (nSPS) is 14.6. The van der Waals surface area contributed by atoms with E-state index in [0.717, 1.165) is 17.5 Å². The first-order valence-corrected chi connectivity index (χ1v) is 4.46. The summed E-state index contributed by atoms with van der Waals surface area (Å²) in [6.07, 6.45) is 6.22. The Morgan fingerprint density at radius 2 is 2.23 bits per heavy atom. The second-order valence-corrected chi connectivity index (χ2v) is 3.50. The molecule has 0 bridgehead atoms. The van der Waals surface area contributed by atoms with Crippen molar-refractivity contribution in [2.45, 2.75) is 25.8 Å². The summed E-state index contributed by atoms with van der Waals surface area (Å²) in [5, 5.41) is 0. The molecule has 1 aromatic carbocycles. The van der Waals surface area contributed by atoms with Gasteiger partial charge in [-0.1, -0.05) is 25.0 Å². The molecule has 0 aliphatic carbocycles. The fourth-order valence-electron chi connectivity index (χ4n) is 1.17. The summed E-state index contributed by atoms with van der Waals surface area (Å²) in [5.41, 5.74) is 7.81. The summed E-state index contributed by atoms with van der Waals surface area (Å²) in [6, 6.07) is 7.86. The third-order valence-electron chi connectivity index (χ3n) is 2.42. The molecule has 1 nitrogen and oxygen atoms in total. The second-order valence-electron chi connectivity index (χ2n) is 3.50. The number of terminal acetylenes is 1. The molecule has 0 heterocycles. The second kappa shape index (κ2) is 3.64. The van der Waals surface area contributed by atoms with Crippen LogP contribution in [0.3, 0.4) is 0 Å². The van der Waals surface area contributed by atoms with Crippen LogP contribution in [0.15, 0.2) is 24.3 Å². The Morgan fingerprint density at radius 3 is 2.77 bits per heavy atom. The Labute approximate surface area is 80.0 Å². The number of benzene rings is 1. The number of hydrogen-bond acceptors (Lipinski definition) is 1. The van der Waals surface area contributed by atoms with Gasteiger partial charge < -0.3 is 5.73 Å². The number of nitrogens with two attached hydrogens (primary N) is 1. The molecule has 1 aromatic rings. The zero-order valence-corrected chi connectivity index (χ0v) is 8.17. The van der Waals surface area contributed by atoms with E-state index in [2.05, 4.69) is 12.8 Å². The molecule has 0 aliphatic rings. The molecule has 0 aliphatic heterocycles. The standard InChI is InChI=1S/C12H15N/c1-4-10-7-6-8-11(9-10)12(3,13)5-2/h1,6-9H,5,13H2,2-3H3. The molecular weight excluding hydrogens is 158 g/mol. The fraction of sp³-hybridized carbons (Fsp3) is 0.333. The lowest BCUT2D eigenvalue weighted by Gasteiger charge is -2.23. The third kappa shape index (κ3) is 2.11. The first-order valence-electron chi connectivity index (χ1n) is 4.46. The lowest BCUT2D eigenvalue weighted by molar-refractivity contribution is 0.476. The van der Waals surface area contributed by atoms with Gasteiger partial charge in [0.25, 0.3) is 0 Å². The van der Waals surface area contributed by atoms with Crippen molar-refractivity contribution in [3.8, 4) is 12.3 Å². The Bertz CT molecular complexity index is 331. The molecular formula is C12H15N. The monoisotopic (exact) mass is 173 g/mol. The van der Waals surface area contributed by atoms with Gasteiger partial charge in [0.05, 0.1) is 0 Å². The van der Waals surface area contributed by atoms with Gasteiger partial charge in [0.2, 0.25) is 0 Å². The van der Waals surface area contributed by atoms with Crippen molar-refractivity contribution in [3.05, 3.63) is 35.4 Å². The molecule has 0 saturated carbocycles. The van der Waals surface area contributed by atoms with Crippen LogP contribution < -0.4 is 5.73 Å². The van der Waals surface area contributed by atoms with Crippen molar-refractivity contribution in [2.24, 2.45) is 5.73 Å². The van der Waals surface area contributed by atoms with E-state index in [1.165, 1.54) is 0 Å². The van der Waals surface area contributed by atoms with Crippen molar-refractivity contribution in [2.75, 3.05) is 0 Å². The van der Waals surface area contributed by atoms with Gasteiger partial charge in [0, 0.05) is 11.1 Å². The predicted octanol–water partition coefficient (Wildman–Crippen LogP) is 2.25. The highest BCUT2D eigenvalue weighted by Crippen LogP contribution is 2.21. The molecule has 13 heavy (non-hydrogen) atoms. The summed E-state index contributed by atoms with van der Waals surface area (Å²) in [5.74, 6) is 2.61. The van der Waals surface area contributed by atoms with Crippen LogP contribution in [0.4, 0.5) is 0 Å². The van der Waals surface area contributed by atoms with Crippen LogP contribution in [0, 0.1) is 12.3 Å². The first-order chi connectivity index (χ1) is 6.10. The van der Waals surface area contributed by atoms with Crippen molar-refractivity contribution in [1.29, 1.82) is 0 Å².